The molecule has 1 heterocycles. The molecule has 1 fully saturated rings. The van der Waals surface area contributed by atoms with Crippen LogP contribution in [0.25, 0.3) is 0 Å². The molecule has 0 unspecified atom stereocenters. The van der Waals surface area contributed by atoms with E-state index in [-0.39, 0.29) is 18.3 Å². The smallest absolute Gasteiger partial charge is 0.225 e. The van der Waals surface area contributed by atoms with Gasteiger partial charge in [-0.05, 0) is 31.6 Å². The normalized spacial score (nSPS) is 15.9. The number of hydrogen-bond donors (Lipinski definition) is 2. The van der Waals surface area contributed by atoms with Gasteiger partial charge in [0.2, 0.25) is 5.91 Å². The summed E-state index contributed by atoms with van der Waals surface area (Å²) in [4.78, 5) is 14.3. The third kappa shape index (κ3) is 6.01. The average molecular weight is 353 g/mol. The van der Waals surface area contributed by atoms with Gasteiger partial charge in [0.05, 0.1) is 15.7 Å². The molecule has 1 aliphatic rings. The Labute approximate surface area is 141 Å². The highest BCUT2D eigenvalue weighted by molar-refractivity contribution is 6.39. The van der Waals surface area contributed by atoms with E-state index in [0.717, 1.165) is 39.1 Å². The summed E-state index contributed by atoms with van der Waals surface area (Å²) >= 11 is 12.1. The fourth-order valence-electron chi connectivity index (χ4n) is 2.20. The van der Waals surface area contributed by atoms with Crippen molar-refractivity contribution < 1.29 is 4.79 Å². The Hall–Kier alpha value is -0.520. The number of anilines is 1. The number of carbonyl (C=O) groups is 1. The van der Waals surface area contributed by atoms with E-state index in [1.165, 1.54) is 0 Å². The minimum absolute atomic E-state index is 0. The Bertz CT molecular complexity index is 443. The lowest BCUT2D eigenvalue weighted by atomic mass is 10.3. The van der Waals surface area contributed by atoms with Gasteiger partial charge in [-0.3, -0.25) is 4.79 Å². The number of rotatable bonds is 4. The van der Waals surface area contributed by atoms with Gasteiger partial charge in [-0.15, -0.1) is 12.4 Å². The molecule has 0 saturated carbocycles. The topological polar surface area (TPSA) is 44.4 Å². The van der Waals surface area contributed by atoms with Crippen molar-refractivity contribution in [3.05, 3.63) is 28.2 Å². The van der Waals surface area contributed by atoms with Crippen LogP contribution in [0.15, 0.2) is 18.2 Å². The highest BCUT2D eigenvalue weighted by Gasteiger charge is 2.12. The van der Waals surface area contributed by atoms with Crippen molar-refractivity contribution in [3.8, 4) is 0 Å². The molecule has 2 N–H and O–H groups in total. The van der Waals surface area contributed by atoms with Crippen molar-refractivity contribution in [1.82, 2.24) is 10.2 Å². The molecule has 0 spiro atoms. The molecule has 0 bridgehead atoms. The molecular weight excluding hydrogens is 333 g/mol. The molecule has 0 aliphatic carbocycles. The van der Waals surface area contributed by atoms with Gasteiger partial charge in [-0.2, -0.15) is 0 Å². The molecule has 2 rings (SSSR count). The second-order valence-corrected chi connectivity index (χ2v) is 5.65. The first kappa shape index (κ1) is 18.5. The molecule has 118 valence electrons. The number of carbonyl (C=O) groups excluding carboxylic acids is 1. The van der Waals surface area contributed by atoms with Gasteiger partial charge < -0.3 is 15.5 Å². The van der Waals surface area contributed by atoms with Crippen LogP contribution in [0.4, 0.5) is 5.69 Å². The van der Waals surface area contributed by atoms with E-state index in [1.807, 2.05) is 0 Å². The highest BCUT2D eigenvalue weighted by Crippen LogP contribution is 2.29. The molecule has 1 aromatic rings. The molecule has 0 aromatic heterocycles. The molecular formula is C14H20Cl3N3O. The monoisotopic (exact) mass is 351 g/mol. The highest BCUT2D eigenvalue weighted by atomic mass is 35.5. The number of hydrogen-bond acceptors (Lipinski definition) is 3. The minimum Gasteiger partial charge on any atom is -0.324 e. The number of halogens is 3. The van der Waals surface area contributed by atoms with Gasteiger partial charge >= 0.3 is 0 Å². The van der Waals surface area contributed by atoms with Gasteiger partial charge in [0.15, 0.2) is 0 Å². The van der Waals surface area contributed by atoms with E-state index < -0.39 is 0 Å². The number of nitrogens with zero attached hydrogens (tertiary/aromatic N) is 1. The Morgan fingerprint density at radius 1 is 1.24 bits per heavy atom. The van der Waals surface area contributed by atoms with Crippen LogP contribution in [0.5, 0.6) is 0 Å². The summed E-state index contributed by atoms with van der Waals surface area (Å²) in [7, 11) is 0. The van der Waals surface area contributed by atoms with Gasteiger partial charge in [0.25, 0.3) is 0 Å². The van der Waals surface area contributed by atoms with Crippen LogP contribution >= 0.6 is 35.6 Å². The van der Waals surface area contributed by atoms with Crippen molar-refractivity contribution in [2.75, 3.05) is 38.0 Å². The molecule has 4 nitrogen and oxygen atoms in total. The molecule has 1 amide bonds. The van der Waals surface area contributed by atoms with Crippen LogP contribution in [0.3, 0.4) is 0 Å². The Morgan fingerprint density at radius 3 is 2.67 bits per heavy atom. The fraction of sp³-hybridized carbons (Fsp3) is 0.500. The lowest BCUT2D eigenvalue weighted by Crippen LogP contribution is -2.31. The Morgan fingerprint density at radius 2 is 1.95 bits per heavy atom. The van der Waals surface area contributed by atoms with Crippen LogP contribution in [0.2, 0.25) is 10.0 Å². The zero-order valence-corrected chi connectivity index (χ0v) is 14.0. The first-order valence-electron chi connectivity index (χ1n) is 6.84. The fourth-order valence-corrected chi connectivity index (χ4v) is 2.70. The van der Waals surface area contributed by atoms with E-state index in [9.17, 15) is 4.79 Å². The summed E-state index contributed by atoms with van der Waals surface area (Å²) < 4.78 is 0. The zero-order valence-electron chi connectivity index (χ0n) is 11.7. The van der Waals surface area contributed by atoms with Gasteiger partial charge in [0, 0.05) is 26.1 Å². The van der Waals surface area contributed by atoms with Crippen molar-refractivity contribution in [2.24, 2.45) is 0 Å². The van der Waals surface area contributed by atoms with E-state index in [2.05, 4.69) is 15.5 Å². The third-order valence-electron chi connectivity index (χ3n) is 3.31. The molecule has 1 aliphatic heterocycles. The van der Waals surface area contributed by atoms with Crippen molar-refractivity contribution in [1.29, 1.82) is 0 Å². The SMILES string of the molecule is Cl.O=C(CCN1CCCNCC1)Nc1c(Cl)cccc1Cl. The molecule has 7 heteroatoms. The van der Waals surface area contributed by atoms with Crippen molar-refractivity contribution >= 4 is 47.2 Å². The number of para-hydroxylation sites is 1. The summed E-state index contributed by atoms with van der Waals surface area (Å²) in [6.07, 6.45) is 1.57. The quantitative estimate of drug-likeness (QED) is 0.875. The third-order valence-corrected chi connectivity index (χ3v) is 3.94. The van der Waals surface area contributed by atoms with E-state index >= 15 is 0 Å². The predicted molar refractivity (Wildman–Crippen MR) is 90.9 cm³/mol. The summed E-state index contributed by atoms with van der Waals surface area (Å²) in [6, 6.07) is 5.18. The first-order valence-corrected chi connectivity index (χ1v) is 7.59. The largest absolute Gasteiger partial charge is 0.324 e. The maximum Gasteiger partial charge on any atom is 0.225 e. The number of amides is 1. The van der Waals surface area contributed by atoms with E-state index in [0.29, 0.717) is 22.2 Å². The van der Waals surface area contributed by atoms with Gasteiger partial charge in [-0.1, -0.05) is 29.3 Å². The van der Waals surface area contributed by atoms with Gasteiger partial charge in [-0.25, -0.2) is 0 Å². The Kier molecular flexibility index (Phi) is 8.37. The number of nitrogens with one attached hydrogen (secondary N) is 2. The molecule has 0 atom stereocenters. The van der Waals surface area contributed by atoms with Crippen molar-refractivity contribution in [2.45, 2.75) is 12.8 Å². The molecule has 0 radical (unpaired) electrons. The molecule has 21 heavy (non-hydrogen) atoms. The summed E-state index contributed by atoms with van der Waals surface area (Å²) in [5.74, 6) is -0.0581. The summed E-state index contributed by atoms with van der Waals surface area (Å²) in [5, 5.41) is 7.06. The lowest BCUT2D eigenvalue weighted by Gasteiger charge is -2.19. The van der Waals surface area contributed by atoms with E-state index in [4.69, 9.17) is 23.2 Å². The zero-order chi connectivity index (χ0) is 14.4. The summed E-state index contributed by atoms with van der Waals surface area (Å²) in [6.45, 7) is 4.82. The molecule has 1 aromatic carbocycles. The van der Waals surface area contributed by atoms with E-state index in [1.54, 1.807) is 18.2 Å². The maximum absolute atomic E-state index is 12.0. The summed E-state index contributed by atoms with van der Waals surface area (Å²) in [5.41, 5.74) is 0.498. The predicted octanol–water partition coefficient (Wildman–Crippen LogP) is 3.04. The molecule has 1 saturated heterocycles. The van der Waals surface area contributed by atoms with Crippen LogP contribution in [0.1, 0.15) is 12.8 Å². The van der Waals surface area contributed by atoms with Crippen LogP contribution in [-0.4, -0.2) is 43.5 Å². The lowest BCUT2D eigenvalue weighted by molar-refractivity contribution is -0.116. The standard InChI is InChI=1S/C14H19Cl2N3O.ClH/c15-11-3-1-4-12(16)14(11)18-13(20)5-9-19-8-2-6-17-7-10-19;/h1,3-4,17H,2,5-10H2,(H,18,20);1H. The van der Waals surface area contributed by atoms with Crippen LogP contribution in [0, 0.1) is 0 Å². The Balaban J connectivity index is 0.00000220. The minimum atomic E-state index is -0.0581. The first-order chi connectivity index (χ1) is 9.66. The van der Waals surface area contributed by atoms with Crippen molar-refractivity contribution in [3.63, 3.8) is 0 Å². The van der Waals surface area contributed by atoms with Crippen LogP contribution < -0.4 is 10.6 Å². The number of benzene rings is 1. The maximum atomic E-state index is 12.0. The second kappa shape index (κ2) is 9.49. The van der Waals surface area contributed by atoms with Crippen LogP contribution in [-0.2, 0) is 4.79 Å². The van der Waals surface area contributed by atoms with Gasteiger partial charge in [0.1, 0.15) is 0 Å². The second-order valence-electron chi connectivity index (χ2n) is 4.84. The average Bonchev–Trinajstić information content (AvgIpc) is 2.69.